The highest BCUT2D eigenvalue weighted by atomic mass is 16.2. The minimum atomic E-state index is -0.0948. The van der Waals surface area contributed by atoms with Gasteiger partial charge < -0.3 is 10.2 Å². The van der Waals surface area contributed by atoms with E-state index >= 15 is 0 Å². The van der Waals surface area contributed by atoms with Crippen molar-refractivity contribution in [3.8, 4) is 6.07 Å². The van der Waals surface area contributed by atoms with Crippen LogP contribution < -0.4 is 5.32 Å². The van der Waals surface area contributed by atoms with Gasteiger partial charge in [-0.25, -0.2) is 0 Å². The normalized spacial score (nSPS) is 25.5. The van der Waals surface area contributed by atoms with E-state index < -0.39 is 0 Å². The van der Waals surface area contributed by atoms with E-state index in [2.05, 4.69) is 16.3 Å². The molecule has 2 atom stereocenters. The molecule has 2 fully saturated rings. The number of carbonyl (C=O) groups is 1. The molecule has 1 N–H and O–H groups in total. The van der Waals surface area contributed by atoms with Gasteiger partial charge in [0, 0.05) is 19.1 Å². The molecule has 1 amide bonds. The van der Waals surface area contributed by atoms with E-state index in [1.165, 1.54) is 0 Å². The number of hydrogen-bond donors (Lipinski definition) is 1. The average molecular weight is 292 g/mol. The van der Waals surface area contributed by atoms with Crippen molar-refractivity contribution in [2.45, 2.75) is 51.6 Å². The molecule has 5 nitrogen and oxygen atoms in total. The predicted molar refractivity (Wildman–Crippen MR) is 82.7 cm³/mol. The maximum Gasteiger partial charge on any atom is 0.239 e. The van der Waals surface area contributed by atoms with Crippen LogP contribution in [0.5, 0.6) is 0 Å². The van der Waals surface area contributed by atoms with Crippen molar-refractivity contribution in [1.82, 2.24) is 15.1 Å². The Balaban J connectivity index is 2.00. The van der Waals surface area contributed by atoms with Crippen molar-refractivity contribution in [1.29, 1.82) is 5.26 Å². The summed E-state index contributed by atoms with van der Waals surface area (Å²) in [7, 11) is 0. The summed E-state index contributed by atoms with van der Waals surface area (Å²) in [5.74, 6) is 0.137. The number of likely N-dealkylation sites (tertiary alicyclic amines) is 1. The van der Waals surface area contributed by atoms with Gasteiger partial charge in [0.05, 0.1) is 18.0 Å². The van der Waals surface area contributed by atoms with Crippen molar-refractivity contribution < 1.29 is 4.79 Å². The molecule has 0 aliphatic carbocycles. The van der Waals surface area contributed by atoms with Crippen molar-refractivity contribution in [2.24, 2.45) is 5.92 Å². The number of rotatable bonds is 5. The van der Waals surface area contributed by atoms with Crippen LogP contribution in [0.1, 0.15) is 39.5 Å². The summed E-state index contributed by atoms with van der Waals surface area (Å²) in [4.78, 5) is 17.1. The molecule has 0 spiro atoms. The lowest BCUT2D eigenvalue weighted by Gasteiger charge is -2.37. The molecule has 0 radical (unpaired) electrons. The molecule has 2 unspecified atom stereocenters. The first kappa shape index (κ1) is 16.3. The Morgan fingerprint density at radius 2 is 2.14 bits per heavy atom. The van der Waals surface area contributed by atoms with Crippen LogP contribution in [-0.2, 0) is 4.79 Å². The third kappa shape index (κ3) is 3.96. The highest BCUT2D eigenvalue weighted by Crippen LogP contribution is 2.26. The molecule has 0 aromatic rings. The number of nitrogens with one attached hydrogen (secondary N) is 1. The van der Waals surface area contributed by atoms with E-state index in [0.29, 0.717) is 19.1 Å². The van der Waals surface area contributed by atoms with Crippen LogP contribution in [0.2, 0.25) is 0 Å². The molecule has 0 bridgehead atoms. The quantitative estimate of drug-likeness (QED) is 0.827. The fraction of sp³-hybridized carbons (Fsp3) is 0.875. The molecule has 2 aliphatic heterocycles. The Morgan fingerprint density at radius 3 is 2.76 bits per heavy atom. The van der Waals surface area contributed by atoms with E-state index in [9.17, 15) is 4.79 Å². The second-order valence-corrected chi connectivity index (χ2v) is 6.28. The fourth-order valence-corrected chi connectivity index (χ4v) is 3.59. The second kappa shape index (κ2) is 7.77. The van der Waals surface area contributed by atoms with Gasteiger partial charge in [0.1, 0.15) is 0 Å². The standard InChI is InChI=1S/C16H28N4O/c1-3-19(12-13(2)11-17)16(21)15-5-4-10-20(15)14-6-8-18-9-7-14/h13-15,18H,3-10,12H2,1-2H3. The summed E-state index contributed by atoms with van der Waals surface area (Å²) >= 11 is 0. The fourth-order valence-electron chi connectivity index (χ4n) is 3.59. The monoisotopic (exact) mass is 292 g/mol. The molecule has 2 aliphatic rings. The third-order valence-electron chi connectivity index (χ3n) is 4.76. The largest absolute Gasteiger partial charge is 0.340 e. The van der Waals surface area contributed by atoms with Crippen LogP contribution in [0.15, 0.2) is 0 Å². The Kier molecular flexibility index (Phi) is 6.01. The number of nitrogens with zero attached hydrogens (tertiary/aromatic N) is 3. The van der Waals surface area contributed by atoms with Gasteiger partial charge in [-0.15, -0.1) is 0 Å². The van der Waals surface area contributed by atoms with Gasteiger partial charge in [0.2, 0.25) is 5.91 Å². The number of amides is 1. The van der Waals surface area contributed by atoms with Gasteiger partial charge >= 0.3 is 0 Å². The molecule has 0 aromatic carbocycles. The van der Waals surface area contributed by atoms with Crippen LogP contribution in [-0.4, -0.2) is 60.5 Å². The lowest BCUT2D eigenvalue weighted by atomic mass is 10.0. The average Bonchev–Trinajstić information content (AvgIpc) is 3.02. The van der Waals surface area contributed by atoms with Crippen molar-refractivity contribution >= 4 is 5.91 Å². The van der Waals surface area contributed by atoms with Crippen LogP contribution in [0.25, 0.3) is 0 Å². The Hall–Kier alpha value is -1.12. The molecular weight excluding hydrogens is 264 g/mol. The van der Waals surface area contributed by atoms with Gasteiger partial charge in [0.15, 0.2) is 0 Å². The minimum Gasteiger partial charge on any atom is -0.340 e. The van der Waals surface area contributed by atoms with Crippen LogP contribution in [0, 0.1) is 17.2 Å². The molecule has 2 heterocycles. The molecule has 0 aromatic heterocycles. The Morgan fingerprint density at radius 1 is 1.43 bits per heavy atom. The minimum absolute atomic E-state index is 0.0407. The Labute approximate surface area is 128 Å². The summed E-state index contributed by atoms with van der Waals surface area (Å²) < 4.78 is 0. The smallest absolute Gasteiger partial charge is 0.239 e. The van der Waals surface area contributed by atoms with E-state index in [-0.39, 0.29) is 17.9 Å². The topological polar surface area (TPSA) is 59.4 Å². The van der Waals surface area contributed by atoms with Gasteiger partial charge in [-0.1, -0.05) is 0 Å². The SMILES string of the molecule is CCN(CC(C)C#N)C(=O)C1CCCN1C1CCNCC1. The lowest BCUT2D eigenvalue weighted by molar-refractivity contribution is -0.137. The summed E-state index contributed by atoms with van der Waals surface area (Å²) in [5, 5.41) is 12.4. The zero-order valence-corrected chi connectivity index (χ0v) is 13.3. The zero-order chi connectivity index (χ0) is 15.2. The van der Waals surface area contributed by atoms with E-state index in [1.807, 2.05) is 18.7 Å². The van der Waals surface area contributed by atoms with Crippen molar-refractivity contribution in [2.75, 3.05) is 32.7 Å². The lowest BCUT2D eigenvalue weighted by Crippen LogP contribution is -2.52. The number of likely N-dealkylation sites (N-methyl/N-ethyl adjacent to an activating group) is 1. The number of hydrogen-bond acceptors (Lipinski definition) is 4. The molecular formula is C16H28N4O. The molecule has 5 heteroatoms. The van der Waals surface area contributed by atoms with Gasteiger partial charge in [-0.3, -0.25) is 9.69 Å². The highest BCUT2D eigenvalue weighted by Gasteiger charge is 2.37. The summed E-state index contributed by atoms with van der Waals surface area (Å²) in [6.45, 7) is 8.31. The van der Waals surface area contributed by atoms with Crippen molar-refractivity contribution in [3.63, 3.8) is 0 Å². The van der Waals surface area contributed by atoms with Crippen molar-refractivity contribution in [3.05, 3.63) is 0 Å². The summed E-state index contributed by atoms with van der Waals surface area (Å²) in [6.07, 6.45) is 4.38. The molecule has 21 heavy (non-hydrogen) atoms. The predicted octanol–water partition coefficient (Wildman–Crippen LogP) is 1.21. The first-order valence-electron chi connectivity index (χ1n) is 8.32. The third-order valence-corrected chi connectivity index (χ3v) is 4.76. The maximum absolute atomic E-state index is 12.8. The van der Waals surface area contributed by atoms with E-state index in [1.54, 1.807) is 0 Å². The first-order chi connectivity index (χ1) is 10.2. The summed E-state index contributed by atoms with van der Waals surface area (Å²) in [6, 6.07) is 2.83. The first-order valence-corrected chi connectivity index (χ1v) is 8.32. The summed E-state index contributed by atoms with van der Waals surface area (Å²) in [5.41, 5.74) is 0. The maximum atomic E-state index is 12.8. The van der Waals surface area contributed by atoms with Gasteiger partial charge in [-0.05, 0) is 59.2 Å². The molecule has 2 rings (SSSR count). The Bertz CT molecular complexity index is 386. The molecule has 2 saturated heterocycles. The number of nitriles is 1. The van der Waals surface area contributed by atoms with Gasteiger partial charge in [-0.2, -0.15) is 5.26 Å². The second-order valence-electron chi connectivity index (χ2n) is 6.28. The molecule has 118 valence electrons. The highest BCUT2D eigenvalue weighted by molar-refractivity contribution is 5.82. The van der Waals surface area contributed by atoms with Crippen LogP contribution >= 0.6 is 0 Å². The van der Waals surface area contributed by atoms with Gasteiger partial charge in [0.25, 0.3) is 0 Å². The van der Waals surface area contributed by atoms with Crippen LogP contribution in [0.3, 0.4) is 0 Å². The van der Waals surface area contributed by atoms with E-state index in [4.69, 9.17) is 5.26 Å². The van der Waals surface area contributed by atoms with Crippen LogP contribution in [0.4, 0.5) is 0 Å². The number of carbonyl (C=O) groups excluding carboxylic acids is 1. The zero-order valence-electron chi connectivity index (χ0n) is 13.3. The van der Waals surface area contributed by atoms with E-state index in [0.717, 1.165) is 45.3 Å². The number of piperidine rings is 1. The molecule has 0 saturated carbocycles.